The predicted molar refractivity (Wildman–Crippen MR) is 89.0 cm³/mol. The monoisotopic (exact) mass is 365 g/mol. The minimum absolute atomic E-state index is 0.0625. The summed E-state index contributed by atoms with van der Waals surface area (Å²) >= 11 is 1.46. The van der Waals surface area contributed by atoms with E-state index in [0.717, 1.165) is 24.7 Å². The average Bonchev–Trinajstić information content (AvgIpc) is 3.28. The number of ether oxygens (including phenoxy) is 1. The largest absolute Gasteiger partial charge is 0.481 e. The Kier molecular flexibility index (Phi) is 5.42. The zero-order chi connectivity index (χ0) is 17.8. The van der Waals surface area contributed by atoms with Crippen LogP contribution in [0.1, 0.15) is 36.6 Å². The molecule has 1 aliphatic carbocycles. The standard InChI is InChI=1S/C16H19N3O5S/c20-7-11-8-25-14(18-11)10-5-17-19(6-10)9-24-16(23)13-4-2-1-3-12(13)15(21)22/h5-8,12-14,18H,1-4,9H2,(H,21,22). The molecule has 134 valence electrons. The van der Waals surface area contributed by atoms with Gasteiger partial charge in [0.25, 0.3) is 0 Å². The third kappa shape index (κ3) is 4.04. The second kappa shape index (κ2) is 7.73. The Morgan fingerprint density at radius 2 is 2.16 bits per heavy atom. The molecule has 0 amide bonds. The van der Waals surface area contributed by atoms with Crippen molar-refractivity contribution in [3.05, 3.63) is 29.1 Å². The number of aromatic nitrogens is 2. The van der Waals surface area contributed by atoms with Crippen molar-refractivity contribution < 1.29 is 24.2 Å². The molecule has 3 atom stereocenters. The minimum Gasteiger partial charge on any atom is -0.481 e. The SMILES string of the molecule is O=CC1=CSC(c2cnn(COC(=O)C3CCCCC3C(=O)O)c2)N1. The van der Waals surface area contributed by atoms with Crippen molar-refractivity contribution in [3.8, 4) is 0 Å². The molecule has 2 aliphatic rings. The molecule has 1 aromatic heterocycles. The fourth-order valence-electron chi connectivity index (χ4n) is 3.12. The van der Waals surface area contributed by atoms with Crippen molar-refractivity contribution in [2.24, 2.45) is 11.8 Å². The number of rotatable bonds is 6. The molecular weight excluding hydrogens is 346 g/mol. The van der Waals surface area contributed by atoms with Crippen LogP contribution >= 0.6 is 11.8 Å². The van der Waals surface area contributed by atoms with Gasteiger partial charge < -0.3 is 15.2 Å². The Bertz CT molecular complexity index is 702. The molecule has 0 aromatic carbocycles. The second-order valence-corrected chi connectivity index (χ2v) is 7.07. The molecule has 2 heterocycles. The normalized spacial score (nSPS) is 25.8. The van der Waals surface area contributed by atoms with Gasteiger partial charge in [-0.3, -0.25) is 14.4 Å². The number of aldehydes is 1. The van der Waals surface area contributed by atoms with Crippen LogP contribution in [0.25, 0.3) is 0 Å². The van der Waals surface area contributed by atoms with Crippen LogP contribution in [-0.4, -0.2) is 33.1 Å². The van der Waals surface area contributed by atoms with Gasteiger partial charge in [-0.15, -0.1) is 11.8 Å². The highest BCUT2D eigenvalue weighted by Crippen LogP contribution is 2.33. The van der Waals surface area contributed by atoms with Gasteiger partial charge in [-0.05, 0) is 18.2 Å². The third-order valence-corrected chi connectivity index (χ3v) is 5.49. The second-order valence-electron chi connectivity index (χ2n) is 6.09. The van der Waals surface area contributed by atoms with E-state index in [2.05, 4.69) is 10.4 Å². The third-order valence-electron chi connectivity index (χ3n) is 4.44. The molecule has 1 saturated carbocycles. The molecule has 3 rings (SSSR count). The maximum atomic E-state index is 12.2. The smallest absolute Gasteiger partial charge is 0.311 e. The Labute approximate surface area is 148 Å². The van der Waals surface area contributed by atoms with Gasteiger partial charge in [-0.2, -0.15) is 5.10 Å². The lowest BCUT2D eigenvalue weighted by atomic mass is 9.79. The van der Waals surface area contributed by atoms with Crippen LogP contribution in [0.4, 0.5) is 0 Å². The molecule has 8 nitrogen and oxygen atoms in total. The van der Waals surface area contributed by atoms with Crippen molar-refractivity contribution in [2.45, 2.75) is 37.8 Å². The Morgan fingerprint density at radius 1 is 1.40 bits per heavy atom. The molecule has 2 N–H and O–H groups in total. The number of esters is 1. The summed E-state index contributed by atoms with van der Waals surface area (Å²) in [7, 11) is 0. The number of carboxylic acids is 1. The van der Waals surface area contributed by atoms with E-state index >= 15 is 0 Å². The number of thioether (sulfide) groups is 1. The van der Waals surface area contributed by atoms with E-state index in [9.17, 15) is 19.5 Å². The van der Waals surface area contributed by atoms with Crippen molar-refractivity contribution in [1.29, 1.82) is 0 Å². The zero-order valence-corrected chi connectivity index (χ0v) is 14.3. The fourth-order valence-corrected chi connectivity index (χ4v) is 4.00. The Hall–Kier alpha value is -2.29. The van der Waals surface area contributed by atoms with Crippen LogP contribution in [0.5, 0.6) is 0 Å². The van der Waals surface area contributed by atoms with E-state index in [4.69, 9.17) is 4.74 Å². The lowest BCUT2D eigenvalue weighted by molar-refractivity contribution is -0.162. The number of nitrogens with zero attached hydrogens (tertiary/aromatic N) is 2. The first-order valence-electron chi connectivity index (χ1n) is 8.07. The predicted octanol–water partition coefficient (Wildman–Crippen LogP) is 1.65. The lowest BCUT2D eigenvalue weighted by Gasteiger charge is -2.26. The first-order chi connectivity index (χ1) is 12.1. The van der Waals surface area contributed by atoms with Gasteiger partial charge in [-0.1, -0.05) is 12.8 Å². The number of hydrogen-bond donors (Lipinski definition) is 2. The van der Waals surface area contributed by atoms with E-state index in [0.29, 0.717) is 18.5 Å². The van der Waals surface area contributed by atoms with E-state index < -0.39 is 23.8 Å². The highest BCUT2D eigenvalue weighted by atomic mass is 32.2. The molecule has 1 fully saturated rings. The lowest BCUT2D eigenvalue weighted by Crippen LogP contribution is -2.34. The number of nitrogens with one attached hydrogen (secondary N) is 1. The van der Waals surface area contributed by atoms with Gasteiger partial charge in [0.05, 0.1) is 23.7 Å². The summed E-state index contributed by atoms with van der Waals surface area (Å²) in [6, 6.07) is 0. The first-order valence-corrected chi connectivity index (χ1v) is 9.02. The van der Waals surface area contributed by atoms with E-state index in [1.165, 1.54) is 16.4 Å². The van der Waals surface area contributed by atoms with Crippen molar-refractivity contribution in [1.82, 2.24) is 15.1 Å². The van der Waals surface area contributed by atoms with Crippen molar-refractivity contribution >= 4 is 30.0 Å². The van der Waals surface area contributed by atoms with Crippen LogP contribution in [0.2, 0.25) is 0 Å². The molecular formula is C16H19N3O5S. The topological polar surface area (TPSA) is 111 Å². The Balaban J connectivity index is 1.54. The molecule has 1 aliphatic heterocycles. The minimum atomic E-state index is -0.939. The van der Waals surface area contributed by atoms with Gasteiger partial charge >= 0.3 is 11.9 Å². The first kappa shape index (κ1) is 17.5. The highest BCUT2D eigenvalue weighted by molar-refractivity contribution is 8.02. The van der Waals surface area contributed by atoms with Crippen LogP contribution in [0.15, 0.2) is 23.5 Å². The number of carbonyl (C=O) groups is 3. The molecule has 0 radical (unpaired) electrons. The van der Waals surface area contributed by atoms with Crippen LogP contribution < -0.4 is 5.32 Å². The summed E-state index contributed by atoms with van der Waals surface area (Å²) < 4.78 is 6.75. The molecule has 1 aromatic rings. The van der Waals surface area contributed by atoms with E-state index in [-0.39, 0.29) is 12.1 Å². The number of aliphatic carboxylic acids is 1. The van der Waals surface area contributed by atoms with Crippen molar-refractivity contribution in [2.75, 3.05) is 0 Å². The summed E-state index contributed by atoms with van der Waals surface area (Å²) in [6.45, 7) is -0.0625. The van der Waals surface area contributed by atoms with Crippen LogP contribution in [0.3, 0.4) is 0 Å². The average molecular weight is 365 g/mol. The quantitative estimate of drug-likeness (QED) is 0.578. The molecule has 25 heavy (non-hydrogen) atoms. The Morgan fingerprint density at radius 3 is 2.84 bits per heavy atom. The zero-order valence-electron chi connectivity index (χ0n) is 13.5. The van der Waals surface area contributed by atoms with Gasteiger partial charge in [0.15, 0.2) is 13.0 Å². The summed E-state index contributed by atoms with van der Waals surface area (Å²) in [6.07, 6.45) is 6.84. The number of carboxylic acid groups (broad SMARTS) is 1. The van der Waals surface area contributed by atoms with Gasteiger partial charge in [0.1, 0.15) is 5.37 Å². The van der Waals surface area contributed by atoms with Gasteiger partial charge in [0, 0.05) is 11.8 Å². The van der Waals surface area contributed by atoms with Gasteiger partial charge in [0.2, 0.25) is 0 Å². The number of carbonyl (C=O) groups excluding carboxylic acids is 2. The van der Waals surface area contributed by atoms with Crippen LogP contribution in [-0.2, 0) is 25.9 Å². The van der Waals surface area contributed by atoms with E-state index in [1.807, 2.05) is 0 Å². The summed E-state index contributed by atoms with van der Waals surface area (Å²) in [5.74, 6) is -2.68. The maximum absolute atomic E-state index is 12.2. The van der Waals surface area contributed by atoms with E-state index in [1.54, 1.807) is 17.8 Å². The van der Waals surface area contributed by atoms with Gasteiger partial charge in [-0.25, -0.2) is 4.68 Å². The maximum Gasteiger partial charge on any atom is 0.311 e. The van der Waals surface area contributed by atoms with Crippen LogP contribution in [0, 0.1) is 11.8 Å². The number of hydrogen-bond acceptors (Lipinski definition) is 7. The molecule has 0 spiro atoms. The highest BCUT2D eigenvalue weighted by Gasteiger charge is 2.36. The summed E-state index contributed by atoms with van der Waals surface area (Å²) in [5, 5.41) is 18.1. The summed E-state index contributed by atoms with van der Waals surface area (Å²) in [4.78, 5) is 34.2. The molecule has 3 unspecified atom stereocenters. The number of allylic oxidation sites excluding steroid dienone is 1. The molecule has 0 bridgehead atoms. The molecule has 0 saturated heterocycles. The fraction of sp³-hybridized carbons (Fsp3) is 0.500. The van der Waals surface area contributed by atoms with Crippen molar-refractivity contribution in [3.63, 3.8) is 0 Å². The summed E-state index contributed by atoms with van der Waals surface area (Å²) in [5.41, 5.74) is 1.38. The molecule has 9 heteroatoms.